The highest BCUT2D eigenvalue weighted by Gasteiger charge is 2.46. The molecule has 0 saturated carbocycles. The van der Waals surface area contributed by atoms with Gasteiger partial charge < -0.3 is 9.47 Å². The second-order valence-corrected chi connectivity index (χ2v) is 13.5. The summed E-state index contributed by atoms with van der Waals surface area (Å²) in [5, 5.41) is 0. The maximum Gasteiger partial charge on any atom is 0.379 e. The van der Waals surface area contributed by atoms with Crippen LogP contribution in [0.25, 0.3) is 0 Å². The molecule has 0 saturated heterocycles. The molecule has 0 N–H and O–H groups in total. The number of ketones is 2. The zero-order valence-electron chi connectivity index (χ0n) is 27.2. The molecule has 2 atom stereocenters. The standard InChI is InChI=1S/C35H48O6/c1-14-25(30(34(8,9)10)40-32(38)28(36)26-17-15-19(2)21(4)23(26)6)31(35(11,12)13)41-33(39)29(37)27-18-16-20(3)22(5)24(27)7/h15-18,25,30-31H,14H2,1-13H3. The lowest BCUT2D eigenvalue weighted by Gasteiger charge is -2.43. The Morgan fingerprint density at radius 2 is 0.902 bits per heavy atom. The minimum absolute atomic E-state index is 0.312. The lowest BCUT2D eigenvalue weighted by molar-refractivity contribution is -0.172. The molecule has 0 aliphatic heterocycles. The Bertz CT molecular complexity index is 1230. The highest BCUT2D eigenvalue weighted by atomic mass is 16.6. The Labute approximate surface area is 246 Å². The van der Waals surface area contributed by atoms with E-state index in [2.05, 4.69) is 0 Å². The van der Waals surface area contributed by atoms with E-state index in [1.807, 2.05) is 102 Å². The van der Waals surface area contributed by atoms with Gasteiger partial charge in [0.2, 0.25) is 0 Å². The number of hydrogen-bond acceptors (Lipinski definition) is 6. The summed E-state index contributed by atoms with van der Waals surface area (Å²) in [5.74, 6) is -3.80. The zero-order valence-corrected chi connectivity index (χ0v) is 27.2. The largest absolute Gasteiger partial charge is 0.455 e. The fourth-order valence-corrected chi connectivity index (χ4v) is 5.36. The first-order chi connectivity index (χ1) is 18.7. The van der Waals surface area contributed by atoms with Gasteiger partial charge in [0.15, 0.2) is 0 Å². The number of aryl methyl sites for hydroxylation is 2. The van der Waals surface area contributed by atoms with Crippen molar-refractivity contribution in [2.45, 2.75) is 109 Å². The summed E-state index contributed by atoms with van der Waals surface area (Å²) in [7, 11) is 0. The van der Waals surface area contributed by atoms with E-state index in [1.165, 1.54) is 0 Å². The van der Waals surface area contributed by atoms with E-state index in [1.54, 1.807) is 12.1 Å². The molecule has 6 heteroatoms. The normalized spacial score (nSPS) is 14.2. The molecule has 0 spiro atoms. The van der Waals surface area contributed by atoms with E-state index < -0.39 is 52.5 Å². The first kappa shape index (κ1) is 33.9. The number of esters is 2. The molecule has 0 amide bonds. The summed E-state index contributed by atoms with van der Waals surface area (Å²) in [5.41, 5.74) is 4.88. The molecule has 0 bridgehead atoms. The van der Waals surface area contributed by atoms with Crippen molar-refractivity contribution in [3.8, 4) is 0 Å². The molecule has 41 heavy (non-hydrogen) atoms. The van der Waals surface area contributed by atoms with Crippen molar-refractivity contribution in [1.82, 2.24) is 0 Å². The predicted octanol–water partition coefficient (Wildman–Crippen LogP) is 7.54. The number of hydrogen-bond donors (Lipinski definition) is 0. The van der Waals surface area contributed by atoms with Crippen LogP contribution in [0.15, 0.2) is 24.3 Å². The lowest BCUT2D eigenvalue weighted by Crippen LogP contribution is -2.50. The van der Waals surface area contributed by atoms with Crippen LogP contribution in [0.4, 0.5) is 0 Å². The molecular formula is C35H48O6. The van der Waals surface area contributed by atoms with Crippen molar-refractivity contribution < 1.29 is 28.7 Å². The number of carbonyl (C=O) groups is 4. The molecule has 0 aliphatic rings. The van der Waals surface area contributed by atoms with Gasteiger partial charge in [-0.05, 0) is 92.2 Å². The summed E-state index contributed by atoms with van der Waals surface area (Å²) in [6.07, 6.45) is -1.06. The summed E-state index contributed by atoms with van der Waals surface area (Å²) in [6.45, 7) is 24.8. The molecule has 2 aromatic carbocycles. The summed E-state index contributed by atoms with van der Waals surface area (Å²) >= 11 is 0. The van der Waals surface area contributed by atoms with E-state index in [9.17, 15) is 19.2 Å². The number of benzene rings is 2. The Morgan fingerprint density at radius 1 is 0.585 bits per heavy atom. The van der Waals surface area contributed by atoms with Gasteiger partial charge in [-0.1, -0.05) is 72.7 Å². The third-order valence-corrected chi connectivity index (χ3v) is 8.40. The van der Waals surface area contributed by atoms with Gasteiger partial charge in [-0.3, -0.25) is 9.59 Å². The molecule has 0 heterocycles. The second-order valence-electron chi connectivity index (χ2n) is 13.5. The summed E-state index contributed by atoms with van der Waals surface area (Å²) in [4.78, 5) is 53.2. The highest BCUT2D eigenvalue weighted by molar-refractivity contribution is 6.41. The van der Waals surface area contributed by atoms with Crippen LogP contribution in [0.3, 0.4) is 0 Å². The highest BCUT2D eigenvalue weighted by Crippen LogP contribution is 2.40. The molecule has 224 valence electrons. The molecular weight excluding hydrogens is 516 g/mol. The van der Waals surface area contributed by atoms with Crippen LogP contribution in [0.1, 0.15) is 109 Å². The van der Waals surface area contributed by atoms with Crippen LogP contribution in [-0.4, -0.2) is 35.7 Å². The Kier molecular flexibility index (Phi) is 10.5. The Balaban J connectivity index is 2.45. The summed E-state index contributed by atoms with van der Waals surface area (Å²) < 4.78 is 12.0. The Hall–Kier alpha value is -3.28. The maximum absolute atomic E-state index is 13.3. The lowest BCUT2D eigenvalue weighted by atomic mass is 9.71. The first-order valence-electron chi connectivity index (χ1n) is 14.4. The van der Waals surface area contributed by atoms with Gasteiger partial charge >= 0.3 is 11.9 Å². The number of Topliss-reactive ketones (excluding diaryl/α,β-unsaturated/α-hetero) is 2. The van der Waals surface area contributed by atoms with Gasteiger partial charge in [-0.15, -0.1) is 0 Å². The fourth-order valence-electron chi connectivity index (χ4n) is 5.36. The van der Waals surface area contributed by atoms with Crippen molar-refractivity contribution in [2.75, 3.05) is 0 Å². The van der Waals surface area contributed by atoms with Crippen LogP contribution in [0.5, 0.6) is 0 Å². The van der Waals surface area contributed by atoms with Crippen LogP contribution < -0.4 is 0 Å². The third-order valence-electron chi connectivity index (χ3n) is 8.40. The smallest absolute Gasteiger partial charge is 0.379 e. The average Bonchev–Trinajstić information content (AvgIpc) is 2.87. The van der Waals surface area contributed by atoms with Gasteiger partial charge in [-0.25, -0.2) is 9.59 Å². The zero-order chi connectivity index (χ0) is 31.6. The van der Waals surface area contributed by atoms with E-state index in [0.29, 0.717) is 17.5 Å². The molecule has 2 aromatic rings. The minimum Gasteiger partial charge on any atom is -0.455 e. The van der Waals surface area contributed by atoms with Gasteiger partial charge in [0.1, 0.15) is 12.2 Å². The molecule has 0 radical (unpaired) electrons. The van der Waals surface area contributed by atoms with Gasteiger partial charge in [-0.2, -0.15) is 0 Å². The number of rotatable bonds is 9. The van der Waals surface area contributed by atoms with Crippen molar-refractivity contribution in [1.29, 1.82) is 0 Å². The first-order valence-corrected chi connectivity index (χ1v) is 14.4. The maximum atomic E-state index is 13.3. The van der Waals surface area contributed by atoms with Crippen LogP contribution in [0, 0.1) is 58.3 Å². The fraction of sp³-hybridized carbons (Fsp3) is 0.543. The molecule has 0 aromatic heterocycles. The molecule has 2 unspecified atom stereocenters. The van der Waals surface area contributed by atoms with Gasteiger partial charge in [0.05, 0.1) is 0 Å². The molecule has 0 aliphatic carbocycles. The van der Waals surface area contributed by atoms with E-state index in [-0.39, 0.29) is 0 Å². The van der Waals surface area contributed by atoms with Crippen LogP contribution in [0.2, 0.25) is 0 Å². The van der Waals surface area contributed by atoms with Gasteiger partial charge in [0, 0.05) is 17.0 Å². The monoisotopic (exact) mass is 564 g/mol. The van der Waals surface area contributed by atoms with Crippen molar-refractivity contribution in [3.63, 3.8) is 0 Å². The van der Waals surface area contributed by atoms with Crippen molar-refractivity contribution in [2.24, 2.45) is 16.7 Å². The molecule has 2 rings (SSSR count). The SMILES string of the molecule is CCC(C(OC(=O)C(=O)c1ccc(C)c(C)c1C)C(C)(C)C)C(OC(=O)C(=O)c1ccc(C)c(C)c1C)C(C)(C)C. The number of carbonyl (C=O) groups excluding carboxylic acids is 4. The quantitative estimate of drug-likeness (QED) is 0.178. The van der Waals surface area contributed by atoms with Crippen LogP contribution in [-0.2, 0) is 19.1 Å². The predicted molar refractivity (Wildman–Crippen MR) is 162 cm³/mol. The number of ether oxygens (including phenoxy) is 2. The van der Waals surface area contributed by atoms with Crippen molar-refractivity contribution in [3.05, 3.63) is 68.8 Å². The summed E-state index contributed by atoms with van der Waals surface area (Å²) in [6, 6.07) is 6.96. The third kappa shape index (κ3) is 7.52. The molecule has 6 nitrogen and oxygen atoms in total. The minimum atomic E-state index is -0.949. The van der Waals surface area contributed by atoms with E-state index in [4.69, 9.17) is 9.47 Å². The van der Waals surface area contributed by atoms with Gasteiger partial charge in [0.25, 0.3) is 11.6 Å². The van der Waals surface area contributed by atoms with E-state index >= 15 is 0 Å². The Morgan fingerprint density at radius 3 is 1.17 bits per heavy atom. The second kappa shape index (κ2) is 12.7. The topological polar surface area (TPSA) is 86.7 Å². The van der Waals surface area contributed by atoms with Crippen molar-refractivity contribution >= 4 is 23.5 Å². The van der Waals surface area contributed by atoms with Crippen LogP contribution >= 0.6 is 0 Å². The van der Waals surface area contributed by atoms with E-state index in [0.717, 1.165) is 33.4 Å². The molecule has 0 fully saturated rings. The average molecular weight is 565 g/mol.